The molecule has 2 aliphatic heterocycles. The van der Waals surface area contributed by atoms with Crippen LogP contribution in [0.4, 0.5) is 0 Å². The summed E-state index contributed by atoms with van der Waals surface area (Å²) < 4.78 is 10.6. The lowest BCUT2D eigenvalue weighted by Gasteiger charge is -2.45. The molecule has 3 rings (SSSR count). The van der Waals surface area contributed by atoms with E-state index in [0.29, 0.717) is 6.61 Å². The molecule has 4 nitrogen and oxygen atoms in total. The Bertz CT molecular complexity index is 470. The van der Waals surface area contributed by atoms with Gasteiger partial charge in [0, 0.05) is 13.1 Å². The van der Waals surface area contributed by atoms with E-state index in [2.05, 4.69) is 29.2 Å². The molecule has 1 aromatic rings. The first-order valence-corrected chi connectivity index (χ1v) is 7.27. The second kappa shape index (κ2) is 5.54. The zero-order valence-electron chi connectivity index (χ0n) is 11.9. The zero-order chi connectivity index (χ0) is 14.0. The number of benzene rings is 1. The molecule has 0 aliphatic carbocycles. The van der Waals surface area contributed by atoms with E-state index in [9.17, 15) is 4.79 Å². The molecule has 4 heteroatoms. The monoisotopic (exact) mass is 275 g/mol. The van der Waals surface area contributed by atoms with Gasteiger partial charge in [-0.1, -0.05) is 30.3 Å². The number of ether oxygens (including phenoxy) is 2. The summed E-state index contributed by atoms with van der Waals surface area (Å²) in [6.07, 6.45) is 0.860. The highest BCUT2D eigenvalue weighted by Gasteiger charge is 2.52. The zero-order valence-corrected chi connectivity index (χ0v) is 11.9. The van der Waals surface area contributed by atoms with Gasteiger partial charge in [-0.05, 0) is 18.9 Å². The molecule has 2 saturated heterocycles. The van der Waals surface area contributed by atoms with Gasteiger partial charge in [-0.2, -0.15) is 0 Å². The maximum absolute atomic E-state index is 12.0. The van der Waals surface area contributed by atoms with Gasteiger partial charge in [0.1, 0.15) is 0 Å². The van der Waals surface area contributed by atoms with Crippen molar-refractivity contribution in [3.05, 3.63) is 35.9 Å². The number of carbonyl (C=O) groups excluding carboxylic acids is 1. The number of hydrogen-bond donors (Lipinski definition) is 0. The highest BCUT2D eigenvalue weighted by molar-refractivity contribution is 5.73. The molecule has 2 aliphatic rings. The van der Waals surface area contributed by atoms with Crippen LogP contribution in [0.2, 0.25) is 0 Å². The van der Waals surface area contributed by atoms with Crippen LogP contribution in [0, 0.1) is 5.92 Å². The molecule has 1 unspecified atom stereocenters. The number of esters is 1. The molecule has 2 fully saturated rings. The number of likely N-dealkylation sites (tertiary alicyclic amines) is 1. The van der Waals surface area contributed by atoms with E-state index in [-0.39, 0.29) is 17.4 Å². The highest BCUT2D eigenvalue weighted by Crippen LogP contribution is 2.40. The minimum atomic E-state index is -0.0608. The Morgan fingerprint density at radius 1 is 1.40 bits per heavy atom. The minimum absolute atomic E-state index is 0.0115. The van der Waals surface area contributed by atoms with E-state index in [1.54, 1.807) is 0 Å². The smallest absolute Gasteiger partial charge is 0.310 e. The largest absolute Gasteiger partial charge is 0.466 e. The molecule has 0 N–H and O–H groups in total. The summed E-state index contributed by atoms with van der Waals surface area (Å²) in [5.41, 5.74) is 1.33. The van der Waals surface area contributed by atoms with Gasteiger partial charge in [0.15, 0.2) is 0 Å². The Morgan fingerprint density at radius 3 is 2.75 bits per heavy atom. The standard InChI is InChI=1S/C16H21NO3/c1-2-20-15(18)14-8-16(11-19-12-16)17(10-14)9-13-6-4-3-5-7-13/h3-7,14H,2,8-12H2,1H3. The van der Waals surface area contributed by atoms with Crippen molar-refractivity contribution in [3.8, 4) is 0 Å². The molecular formula is C16H21NO3. The number of rotatable bonds is 4. The Balaban J connectivity index is 1.71. The second-order valence-electron chi connectivity index (χ2n) is 5.74. The first-order chi connectivity index (χ1) is 9.73. The summed E-state index contributed by atoms with van der Waals surface area (Å²) in [4.78, 5) is 14.4. The van der Waals surface area contributed by atoms with Gasteiger partial charge in [0.25, 0.3) is 0 Å². The quantitative estimate of drug-likeness (QED) is 0.786. The van der Waals surface area contributed by atoms with Crippen LogP contribution in [0.25, 0.3) is 0 Å². The summed E-state index contributed by atoms with van der Waals surface area (Å²) >= 11 is 0. The number of nitrogens with zero attached hydrogens (tertiary/aromatic N) is 1. The van der Waals surface area contributed by atoms with Crippen molar-refractivity contribution in [2.45, 2.75) is 25.4 Å². The van der Waals surface area contributed by atoms with E-state index in [0.717, 1.165) is 32.7 Å². The predicted molar refractivity (Wildman–Crippen MR) is 75.1 cm³/mol. The molecular weight excluding hydrogens is 254 g/mol. The van der Waals surface area contributed by atoms with E-state index in [1.807, 2.05) is 13.0 Å². The molecule has 2 heterocycles. The van der Waals surface area contributed by atoms with Crippen molar-refractivity contribution >= 4 is 5.97 Å². The van der Waals surface area contributed by atoms with Crippen LogP contribution in [0.15, 0.2) is 30.3 Å². The van der Waals surface area contributed by atoms with E-state index in [1.165, 1.54) is 5.56 Å². The fraction of sp³-hybridized carbons (Fsp3) is 0.562. The van der Waals surface area contributed by atoms with Crippen LogP contribution >= 0.6 is 0 Å². The molecule has 0 amide bonds. The summed E-state index contributed by atoms with van der Waals surface area (Å²) in [7, 11) is 0. The van der Waals surface area contributed by atoms with Gasteiger partial charge in [-0.25, -0.2) is 0 Å². The van der Waals surface area contributed by atoms with Crippen molar-refractivity contribution in [3.63, 3.8) is 0 Å². The third-order valence-electron chi connectivity index (χ3n) is 4.32. The molecule has 0 aromatic heterocycles. The fourth-order valence-electron chi connectivity index (χ4n) is 3.20. The predicted octanol–water partition coefficient (Wildman–Crippen LogP) is 1.84. The molecule has 1 aromatic carbocycles. The second-order valence-corrected chi connectivity index (χ2v) is 5.74. The van der Waals surface area contributed by atoms with Crippen LogP contribution in [0.1, 0.15) is 18.9 Å². The Morgan fingerprint density at radius 2 is 2.15 bits per heavy atom. The maximum Gasteiger partial charge on any atom is 0.310 e. The van der Waals surface area contributed by atoms with Gasteiger partial charge in [0.05, 0.1) is 31.3 Å². The summed E-state index contributed by atoms with van der Waals surface area (Å²) in [6, 6.07) is 10.4. The highest BCUT2D eigenvalue weighted by atomic mass is 16.5. The lowest BCUT2D eigenvalue weighted by Crippen LogP contribution is -2.58. The summed E-state index contributed by atoms with van der Waals surface area (Å²) in [5, 5.41) is 0. The average Bonchev–Trinajstić information content (AvgIpc) is 2.80. The Labute approximate surface area is 119 Å². The Hall–Kier alpha value is -1.39. The van der Waals surface area contributed by atoms with Gasteiger partial charge < -0.3 is 9.47 Å². The molecule has 0 radical (unpaired) electrons. The van der Waals surface area contributed by atoms with Crippen LogP contribution in [0.3, 0.4) is 0 Å². The van der Waals surface area contributed by atoms with E-state index < -0.39 is 0 Å². The van der Waals surface area contributed by atoms with Crippen LogP contribution in [0.5, 0.6) is 0 Å². The van der Waals surface area contributed by atoms with E-state index >= 15 is 0 Å². The van der Waals surface area contributed by atoms with Crippen LogP contribution in [-0.4, -0.2) is 42.8 Å². The average molecular weight is 275 g/mol. The number of hydrogen-bond acceptors (Lipinski definition) is 4. The van der Waals surface area contributed by atoms with Crippen molar-refractivity contribution < 1.29 is 14.3 Å². The molecule has 1 atom stereocenters. The lowest BCUT2D eigenvalue weighted by molar-refractivity contribution is -0.148. The van der Waals surface area contributed by atoms with Crippen LogP contribution in [-0.2, 0) is 20.8 Å². The van der Waals surface area contributed by atoms with Gasteiger partial charge >= 0.3 is 5.97 Å². The topological polar surface area (TPSA) is 38.8 Å². The van der Waals surface area contributed by atoms with Crippen molar-refractivity contribution in [1.82, 2.24) is 4.90 Å². The summed E-state index contributed by atoms with van der Waals surface area (Å²) in [6.45, 7) is 5.43. The van der Waals surface area contributed by atoms with E-state index in [4.69, 9.17) is 9.47 Å². The lowest BCUT2D eigenvalue weighted by atomic mass is 9.90. The number of carbonyl (C=O) groups is 1. The third kappa shape index (κ3) is 2.45. The molecule has 20 heavy (non-hydrogen) atoms. The molecule has 108 valence electrons. The van der Waals surface area contributed by atoms with Gasteiger partial charge in [-0.3, -0.25) is 9.69 Å². The van der Waals surface area contributed by atoms with Crippen molar-refractivity contribution in [1.29, 1.82) is 0 Å². The van der Waals surface area contributed by atoms with Crippen molar-refractivity contribution in [2.75, 3.05) is 26.4 Å². The first-order valence-electron chi connectivity index (χ1n) is 7.27. The minimum Gasteiger partial charge on any atom is -0.466 e. The summed E-state index contributed by atoms with van der Waals surface area (Å²) in [5.74, 6) is -0.0723. The molecule has 0 bridgehead atoms. The normalized spacial score (nSPS) is 24.6. The van der Waals surface area contributed by atoms with Gasteiger partial charge in [0.2, 0.25) is 0 Å². The van der Waals surface area contributed by atoms with Gasteiger partial charge in [-0.15, -0.1) is 0 Å². The van der Waals surface area contributed by atoms with Crippen LogP contribution < -0.4 is 0 Å². The Kier molecular flexibility index (Phi) is 3.76. The maximum atomic E-state index is 12.0. The fourth-order valence-corrected chi connectivity index (χ4v) is 3.20. The molecule has 1 spiro atoms. The molecule has 0 saturated carbocycles. The SMILES string of the molecule is CCOC(=O)C1CN(Cc2ccccc2)C2(COC2)C1. The third-order valence-corrected chi connectivity index (χ3v) is 4.32. The van der Waals surface area contributed by atoms with Crippen molar-refractivity contribution in [2.24, 2.45) is 5.92 Å². The first kappa shape index (κ1) is 13.6.